The van der Waals surface area contributed by atoms with Crippen molar-refractivity contribution in [3.8, 4) is 11.1 Å². The molecule has 0 saturated carbocycles. The van der Waals surface area contributed by atoms with Gasteiger partial charge in [-0.3, -0.25) is 9.59 Å². The lowest BCUT2D eigenvalue weighted by atomic mass is 10.1. The number of benzene rings is 3. The van der Waals surface area contributed by atoms with Gasteiger partial charge in [0.05, 0.1) is 12.6 Å². The minimum atomic E-state index is -0.637. The lowest BCUT2D eigenvalue weighted by Crippen LogP contribution is -2.43. The van der Waals surface area contributed by atoms with E-state index in [1.54, 1.807) is 0 Å². The maximum atomic E-state index is 11.9. The maximum absolute atomic E-state index is 11.9. The molecule has 6 nitrogen and oxygen atoms in total. The van der Waals surface area contributed by atoms with E-state index in [-0.39, 0.29) is 18.4 Å². The summed E-state index contributed by atoms with van der Waals surface area (Å²) in [5.74, 6) is -0.644. The molecule has 0 aliphatic carbocycles. The Balaban J connectivity index is 0.000000405. The highest BCUT2D eigenvalue weighted by molar-refractivity contribution is 5.95. The second kappa shape index (κ2) is 14.6. The smallest absolute Gasteiger partial charge is 0.243 e. The highest BCUT2D eigenvalue weighted by Gasteiger charge is 2.13. The second-order valence-corrected chi connectivity index (χ2v) is 7.59. The number of carbonyl (C=O) groups is 2. The molecule has 0 aromatic heterocycles. The van der Waals surface area contributed by atoms with Crippen molar-refractivity contribution in [2.24, 2.45) is 11.5 Å². The average molecular weight is 447 g/mol. The molecule has 0 fully saturated rings. The number of anilines is 1. The van der Waals surface area contributed by atoms with Crippen molar-refractivity contribution in [2.45, 2.75) is 32.2 Å². The molecule has 0 radical (unpaired) electrons. The van der Waals surface area contributed by atoms with Gasteiger partial charge < -0.3 is 22.1 Å². The lowest BCUT2D eigenvalue weighted by Gasteiger charge is -2.12. The van der Waals surface area contributed by atoms with Crippen molar-refractivity contribution in [1.29, 1.82) is 0 Å². The van der Waals surface area contributed by atoms with Crippen molar-refractivity contribution in [3.05, 3.63) is 90.5 Å². The molecule has 0 heterocycles. The van der Waals surface area contributed by atoms with Crippen LogP contribution in [0.15, 0.2) is 84.9 Å². The van der Waals surface area contributed by atoms with E-state index in [1.165, 1.54) is 5.56 Å². The van der Waals surface area contributed by atoms with Crippen LogP contribution in [0, 0.1) is 0 Å². The summed E-state index contributed by atoms with van der Waals surface area (Å²) in [5, 5.41) is 5.28. The third kappa shape index (κ3) is 9.68. The van der Waals surface area contributed by atoms with E-state index in [1.807, 2.05) is 60.7 Å². The van der Waals surface area contributed by atoms with Gasteiger partial charge in [0.25, 0.3) is 0 Å². The van der Waals surface area contributed by atoms with Gasteiger partial charge in [-0.1, -0.05) is 79.7 Å². The molecule has 3 aromatic carbocycles. The van der Waals surface area contributed by atoms with Crippen LogP contribution < -0.4 is 22.1 Å². The summed E-state index contributed by atoms with van der Waals surface area (Å²) < 4.78 is 0. The number of rotatable bonds is 9. The van der Waals surface area contributed by atoms with Crippen LogP contribution in [0.25, 0.3) is 11.1 Å². The van der Waals surface area contributed by atoms with E-state index in [0.29, 0.717) is 25.1 Å². The van der Waals surface area contributed by atoms with Gasteiger partial charge in [0.2, 0.25) is 11.8 Å². The van der Waals surface area contributed by atoms with Crippen LogP contribution in [0.1, 0.15) is 25.3 Å². The molecule has 0 saturated heterocycles. The molecular formula is C27H34N4O2. The summed E-state index contributed by atoms with van der Waals surface area (Å²) in [5.41, 5.74) is 15.4. The number of nitrogens with one attached hydrogen (secondary N) is 2. The molecule has 3 rings (SSSR count). The monoisotopic (exact) mass is 446 g/mol. The SMILES string of the molecule is CCc1ccccc1.NCCC[C@H](N)C(=O)NCC(=O)Nc1ccc(-c2ccccc2)cc1. The molecule has 0 spiro atoms. The van der Waals surface area contributed by atoms with E-state index in [9.17, 15) is 9.59 Å². The quantitative estimate of drug-likeness (QED) is 0.401. The van der Waals surface area contributed by atoms with Gasteiger partial charge in [0.15, 0.2) is 0 Å². The zero-order valence-electron chi connectivity index (χ0n) is 19.2. The minimum Gasteiger partial charge on any atom is -0.346 e. The Labute approximate surface area is 196 Å². The number of amides is 2. The normalized spacial score (nSPS) is 11.0. The molecule has 6 N–H and O–H groups in total. The predicted molar refractivity (Wildman–Crippen MR) is 136 cm³/mol. The zero-order chi connectivity index (χ0) is 23.9. The van der Waals surface area contributed by atoms with E-state index < -0.39 is 6.04 Å². The molecule has 0 bridgehead atoms. The zero-order valence-corrected chi connectivity index (χ0v) is 19.2. The van der Waals surface area contributed by atoms with Crippen molar-refractivity contribution < 1.29 is 9.59 Å². The van der Waals surface area contributed by atoms with Crippen molar-refractivity contribution in [3.63, 3.8) is 0 Å². The van der Waals surface area contributed by atoms with Gasteiger partial charge in [-0.2, -0.15) is 0 Å². The standard InChI is InChI=1S/C19H24N4O2.C8H10/c20-12-4-7-17(21)19(25)22-13-18(24)23-16-10-8-15(9-11-16)14-5-2-1-3-6-14;1-2-8-6-4-3-5-7-8/h1-3,5-6,8-11,17H,4,7,12-13,20-21H2,(H,22,25)(H,23,24);3-7H,2H2,1H3/t17-;/m0./s1. The van der Waals surface area contributed by atoms with E-state index in [4.69, 9.17) is 11.5 Å². The summed E-state index contributed by atoms with van der Waals surface area (Å²) in [4.78, 5) is 23.7. The second-order valence-electron chi connectivity index (χ2n) is 7.59. The highest BCUT2D eigenvalue weighted by Crippen LogP contribution is 2.20. The molecule has 174 valence electrons. The van der Waals surface area contributed by atoms with E-state index >= 15 is 0 Å². The Hall–Kier alpha value is -3.48. The summed E-state index contributed by atoms with van der Waals surface area (Å²) >= 11 is 0. The number of carbonyl (C=O) groups excluding carboxylic acids is 2. The third-order valence-corrected chi connectivity index (χ3v) is 5.01. The van der Waals surface area contributed by atoms with Crippen LogP contribution >= 0.6 is 0 Å². The number of nitrogens with two attached hydrogens (primary N) is 2. The molecule has 0 aliphatic heterocycles. The molecule has 33 heavy (non-hydrogen) atoms. The Bertz CT molecular complexity index is 960. The van der Waals surface area contributed by atoms with Gasteiger partial charge in [0, 0.05) is 5.69 Å². The fourth-order valence-electron chi connectivity index (χ4n) is 3.06. The minimum absolute atomic E-state index is 0.115. The number of hydrogen-bond donors (Lipinski definition) is 4. The van der Waals surface area contributed by atoms with Crippen LogP contribution in [0.5, 0.6) is 0 Å². The Kier molecular flexibility index (Phi) is 11.4. The topological polar surface area (TPSA) is 110 Å². The first kappa shape index (κ1) is 25.8. The number of aryl methyl sites for hydroxylation is 1. The summed E-state index contributed by atoms with van der Waals surface area (Å²) in [6.45, 7) is 2.53. The molecule has 3 aromatic rings. The first-order chi connectivity index (χ1) is 16.0. The lowest BCUT2D eigenvalue weighted by molar-refractivity contribution is -0.125. The summed E-state index contributed by atoms with van der Waals surface area (Å²) in [6.07, 6.45) is 2.32. The summed E-state index contributed by atoms with van der Waals surface area (Å²) in [6, 6.07) is 27.3. The maximum Gasteiger partial charge on any atom is 0.243 e. The van der Waals surface area contributed by atoms with Crippen molar-refractivity contribution in [1.82, 2.24) is 5.32 Å². The molecule has 6 heteroatoms. The van der Waals surface area contributed by atoms with Crippen LogP contribution in [0.4, 0.5) is 5.69 Å². The molecule has 2 amide bonds. The summed E-state index contributed by atoms with van der Waals surface area (Å²) in [7, 11) is 0. The van der Waals surface area contributed by atoms with Gasteiger partial charge in [-0.25, -0.2) is 0 Å². The largest absolute Gasteiger partial charge is 0.346 e. The molecular weight excluding hydrogens is 412 g/mol. The van der Waals surface area contributed by atoms with E-state index in [2.05, 4.69) is 41.8 Å². The third-order valence-electron chi connectivity index (χ3n) is 5.01. The first-order valence-corrected chi connectivity index (χ1v) is 11.3. The molecule has 0 unspecified atom stereocenters. The van der Waals surface area contributed by atoms with Crippen LogP contribution in [-0.2, 0) is 16.0 Å². The Morgan fingerprint density at radius 1 is 0.848 bits per heavy atom. The van der Waals surface area contributed by atoms with Gasteiger partial charge in [0.1, 0.15) is 0 Å². The Morgan fingerprint density at radius 2 is 1.42 bits per heavy atom. The van der Waals surface area contributed by atoms with Gasteiger partial charge >= 0.3 is 0 Å². The van der Waals surface area contributed by atoms with Crippen LogP contribution in [0.3, 0.4) is 0 Å². The highest BCUT2D eigenvalue weighted by atomic mass is 16.2. The first-order valence-electron chi connectivity index (χ1n) is 11.3. The van der Waals surface area contributed by atoms with Crippen LogP contribution in [-0.4, -0.2) is 30.9 Å². The average Bonchev–Trinajstić information content (AvgIpc) is 2.87. The number of hydrogen-bond acceptors (Lipinski definition) is 4. The molecule has 1 atom stereocenters. The van der Waals surface area contributed by atoms with E-state index in [0.717, 1.165) is 17.5 Å². The Morgan fingerprint density at radius 3 is 1.97 bits per heavy atom. The van der Waals surface area contributed by atoms with Gasteiger partial charge in [-0.15, -0.1) is 0 Å². The molecule has 0 aliphatic rings. The fraction of sp³-hybridized carbons (Fsp3) is 0.259. The van der Waals surface area contributed by atoms with Crippen molar-refractivity contribution in [2.75, 3.05) is 18.4 Å². The fourth-order valence-corrected chi connectivity index (χ4v) is 3.06. The van der Waals surface area contributed by atoms with Crippen LogP contribution in [0.2, 0.25) is 0 Å². The van der Waals surface area contributed by atoms with Crippen molar-refractivity contribution >= 4 is 17.5 Å². The van der Waals surface area contributed by atoms with Gasteiger partial charge in [-0.05, 0) is 54.6 Å². The predicted octanol–water partition coefficient (Wildman–Crippen LogP) is 3.72.